The van der Waals surface area contributed by atoms with E-state index in [4.69, 9.17) is 0 Å². The third kappa shape index (κ3) is 3.36. The summed E-state index contributed by atoms with van der Waals surface area (Å²) in [4.78, 5) is 1.78. The SMILES string of the molecule is CCN(C)c1ccc(CNC)c(C(F)(F)F)c1. The zero-order valence-corrected chi connectivity index (χ0v) is 10.2. The number of hydrogen-bond donors (Lipinski definition) is 1. The van der Waals surface area contributed by atoms with Gasteiger partial charge in [0.15, 0.2) is 0 Å². The molecule has 1 N–H and O–H groups in total. The molecular formula is C12H17F3N2. The lowest BCUT2D eigenvalue weighted by Crippen LogP contribution is -2.19. The minimum absolute atomic E-state index is 0.213. The maximum absolute atomic E-state index is 12.9. The Morgan fingerprint density at radius 1 is 1.29 bits per heavy atom. The second-order valence-electron chi connectivity index (χ2n) is 3.88. The van der Waals surface area contributed by atoms with Crippen molar-refractivity contribution in [3.05, 3.63) is 29.3 Å². The standard InChI is InChI=1S/C12H17F3N2/c1-4-17(3)10-6-5-9(8-16-2)11(7-10)12(13,14)15/h5-7,16H,4,8H2,1-3H3. The largest absolute Gasteiger partial charge is 0.416 e. The Hall–Kier alpha value is -1.23. The molecule has 0 atom stereocenters. The summed E-state index contributed by atoms with van der Waals surface area (Å²) < 4.78 is 38.6. The van der Waals surface area contributed by atoms with E-state index in [1.54, 1.807) is 25.1 Å². The molecule has 0 aromatic heterocycles. The second kappa shape index (κ2) is 5.40. The molecule has 0 radical (unpaired) electrons. The molecule has 0 amide bonds. The van der Waals surface area contributed by atoms with E-state index < -0.39 is 11.7 Å². The number of halogens is 3. The maximum Gasteiger partial charge on any atom is 0.416 e. The van der Waals surface area contributed by atoms with Gasteiger partial charge in [-0.1, -0.05) is 6.07 Å². The van der Waals surface area contributed by atoms with Crippen molar-refractivity contribution < 1.29 is 13.2 Å². The van der Waals surface area contributed by atoms with E-state index in [1.807, 2.05) is 6.92 Å². The molecule has 0 bridgehead atoms. The first kappa shape index (κ1) is 13.8. The lowest BCUT2D eigenvalue weighted by atomic mass is 10.1. The quantitative estimate of drug-likeness (QED) is 0.878. The van der Waals surface area contributed by atoms with Gasteiger partial charge in [0.05, 0.1) is 5.56 Å². The van der Waals surface area contributed by atoms with Crippen molar-refractivity contribution in [3.8, 4) is 0 Å². The molecule has 1 aromatic rings. The molecule has 5 heteroatoms. The first-order chi connectivity index (χ1) is 7.90. The van der Waals surface area contributed by atoms with Crippen LogP contribution in [0, 0.1) is 0 Å². The van der Waals surface area contributed by atoms with Crippen molar-refractivity contribution in [3.63, 3.8) is 0 Å². The number of nitrogens with zero attached hydrogens (tertiary/aromatic N) is 1. The number of anilines is 1. The summed E-state index contributed by atoms with van der Waals surface area (Å²) in [6.45, 7) is 2.78. The number of alkyl halides is 3. The van der Waals surface area contributed by atoms with Crippen LogP contribution in [0.2, 0.25) is 0 Å². The Morgan fingerprint density at radius 3 is 2.41 bits per heavy atom. The Balaban J connectivity index is 3.19. The molecule has 0 heterocycles. The van der Waals surface area contributed by atoms with Gasteiger partial charge in [0.25, 0.3) is 0 Å². The molecule has 0 aliphatic rings. The van der Waals surface area contributed by atoms with Crippen LogP contribution in [0.15, 0.2) is 18.2 Å². The smallest absolute Gasteiger partial charge is 0.375 e. The van der Waals surface area contributed by atoms with E-state index in [0.717, 1.165) is 0 Å². The summed E-state index contributed by atoms with van der Waals surface area (Å²) in [5.74, 6) is 0. The van der Waals surface area contributed by atoms with Gasteiger partial charge < -0.3 is 10.2 Å². The van der Waals surface area contributed by atoms with Crippen LogP contribution in [0.3, 0.4) is 0 Å². The van der Waals surface area contributed by atoms with Crippen LogP contribution in [0.4, 0.5) is 18.9 Å². The van der Waals surface area contributed by atoms with E-state index in [2.05, 4.69) is 5.32 Å². The number of rotatable bonds is 4. The predicted octanol–water partition coefficient (Wildman–Crippen LogP) is 2.88. The van der Waals surface area contributed by atoms with Gasteiger partial charge in [0.1, 0.15) is 0 Å². The summed E-state index contributed by atoms with van der Waals surface area (Å²) in [7, 11) is 3.40. The fourth-order valence-corrected chi connectivity index (χ4v) is 1.59. The molecule has 0 saturated carbocycles. The van der Waals surface area contributed by atoms with Gasteiger partial charge in [-0.3, -0.25) is 0 Å². The van der Waals surface area contributed by atoms with Crippen LogP contribution in [0.1, 0.15) is 18.1 Å². The third-order valence-electron chi connectivity index (χ3n) is 2.68. The molecule has 0 unspecified atom stereocenters. The zero-order valence-electron chi connectivity index (χ0n) is 10.2. The van der Waals surface area contributed by atoms with Gasteiger partial charge in [0, 0.05) is 25.8 Å². The van der Waals surface area contributed by atoms with E-state index in [-0.39, 0.29) is 12.1 Å². The van der Waals surface area contributed by atoms with Crippen LogP contribution in [-0.2, 0) is 12.7 Å². The Bertz CT molecular complexity index is 375. The van der Waals surface area contributed by atoms with Crippen molar-refractivity contribution in [2.45, 2.75) is 19.6 Å². The summed E-state index contributed by atoms with van der Waals surface area (Å²) in [6, 6.07) is 4.45. The average molecular weight is 246 g/mol. The normalized spacial score (nSPS) is 11.6. The highest BCUT2D eigenvalue weighted by Crippen LogP contribution is 2.34. The predicted molar refractivity (Wildman–Crippen MR) is 63.2 cm³/mol. The van der Waals surface area contributed by atoms with Crippen LogP contribution >= 0.6 is 0 Å². The minimum Gasteiger partial charge on any atom is -0.375 e. The minimum atomic E-state index is -4.31. The highest BCUT2D eigenvalue weighted by atomic mass is 19.4. The summed E-state index contributed by atoms with van der Waals surface area (Å²) in [5, 5.41) is 2.75. The number of benzene rings is 1. The number of nitrogens with one attached hydrogen (secondary N) is 1. The summed E-state index contributed by atoms with van der Waals surface area (Å²) in [6.07, 6.45) is -4.31. The Morgan fingerprint density at radius 2 is 1.94 bits per heavy atom. The van der Waals surface area contributed by atoms with Gasteiger partial charge in [-0.25, -0.2) is 0 Å². The fraction of sp³-hybridized carbons (Fsp3) is 0.500. The zero-order chi connectivity index (χ0) is 13.1. The molecule has 0 saturated heterocycles. The number of hydrogen-bond acceptors (Lipinski definition) is 2. The topological polar surface area (TPSA) is 15.3 Å². The van der Waals surface area contributed by atoms with Gasteiger partial charge in [0.2, 0.25) is 0 Å². The molecule has 17 heavy (non-hydrogen) atoms. The molecule has 0 spiro atoms. The van der Waals surface area contributed by atoms with Crippen molar-refractivity contribution in [1.82, 2.24) is 5.32 Å². The Labute approximate surface area is 99.4 Å². The average Bonchev–Trinajstić information content (AvgIpc) is 2.27. The van der Waals surface area contributed by atoms with Gasteiger partial charge in [-0.15, -0.1) is 0 Å². The van der Waals surface area contributed by atoms with Crippen LogP contribution in [-0.4, -0.2) is 20.6 Å². The van der Waals surface area contributed by atoms with Gasteiger partial charge in [-0.2, -0.15) is 13.2 Å². The monoisotopic (exact) mass is 246 g/mol. The van der Waals surface area contributed by atoms with Crippen molar-refractivity contribution >= 4 is 5.69 Å². The fourth-order valence-electron chi connectivity index (χ4n) is 1.59. The highest BCUT2D eigenvalue weighted by molar-refractivity contribution is 5.51. The van der Waals surface area contributed by atoms with Gasteiger partial charge in [-0.05, 0) is 31.7 Å². The molecule has 1 aromatic carbocycles. The third-order valence-corrected chi connectivity index (χ3v) is 2.68. The van der Waals surface area contributed by atoms with Crippen molar-refractivity contribution in [1.29, 1.82) is 0 Å². The van der Waals surface area contributed by atoms with E-state index in [0.29, 0.717) is 12.2 Å². The van der Waals surface area contributed by atoms with E-state index >= 15 is 0 Å². The highest BCUT2D eigenvalue weighted by Gasteiger charge is 2.33. The first-order valence-electron chi connectivity index (χ1n) is 5.46. The lowest BCUT2D eigenvalue weighted by Gasteiger charge is -2.20. The molecule has 2 nitrogen and oxygen atoms in total. The summed E-state index contributed by atoms with van der Waals surface area (Å²) in [5.41, 5.74) is 0.289. The van der Waals surface area contributed by atoms with Gasteiger partial charge >= 0.3 is 6.18 Å². The first-order valence-corrected chi connectivity index (χ1v) is 5.46. The molecule has 0 aliphatic heterocycles. The second-order valence-corrected chi connectivity index (χ2v) is 3.88. The Kier molecular flexibility index (Phi) is 4.40. The molecular weight excluding hydrogens is 229 g/mol. The lowest BCUT2D eigenvalue weighted by molar-refractivity contribution is -0.138. The van der Waals surface area contributed by atoms with Crippen molar-refractivity contribution in [2.75, 3.05) is 25.5 Å². The molecule has 96 valence electrons. The van der Waals surface area contributed by atoms with Crippen molar-refractivity contribution in [2.24, 2.45) is 0 Å². The van der Waals surface area contributed by atoms with E-state index in [9.17, 15) is 13.2 Å². The van der Waals surface area contributed by atoms with Crippen LogP contribution < -0.4 is 10.2 Å². The van der Waals surface area contributed by atoms with E-state index in [1.165, 1.54) is 12.1 Å². The van der Waals surface area contributed by atoms with Crippen LogP contribution in [0.25, 0.3) is 0 Å². The molecule has 0 fully saturated rings. The van der Waals surface area contributed by atoms with Crippen LogP contribution in [0.5, 0.6) is 0 Å². The molecule has 1 rings (SSSR count). The molecule has 0 aliphatic carbocycles. The summed E-state index contributed by atoms with van der Waals surface area (Å²) >= 11 is 0. The maximum atomic E-state index is 12.9.